The smallest absolute Gasteiger partial charge is 0.0845 e. The molecule has 0 heterocycles. The van der Waals surface area contributed by atoms with Crippen LogP contribution in [0.3, 0.4) is 0 Å². The van der Waals surface area contributed by atoms with Crippen molar-refractivity contribution in [1.82, 2.24) is 0 Å². The average Bonchev–Trinajstić information content (AvgIpc) is 2.29. The summed E-state index contributed by atoms with van der Waals surface area (Å²) in [6.07, 6.45) is 4.66. The van der Waals surface area contributed by atoms with Gasteiger partial charge >= 0.3 is 0 Å². The van der Waals surface area contributed by atoms with E-state index >= 15 is 0 Å². The molecule has 0 amide bonds. The largest absolute Gasteiger partial charge is 0.368 e. The molecule has 0 fully saturated rings. The van der Waals surface area contributed by atoms with Crippen molar-refractivity contribution in [3.63, 3.8) is 0 Å². The molecule has 1 unspecified atom stereocenters. The zero-order valence-corrected chi connectivity index (χ0v) is 9.78. The van der Waals surface area contributed by atoms with Crippen LogP contribution >= 0.6 is 0 Å². The number of benzene rings is 1. The minimum atomic E-state index is 0.239. The number of hydrogen-bond donors (Lipinski definition) is 0. The minimum absolute atomic E-state index is 0.239. The summed E-state index contributed by atoms with van der Waals surface area (Å²) in [4.78, 5) is 0. The molecule has 1 aromatic rings. The maximum Gasteiger partial charge on any atom is 0.0845 e. The summed E-state index contributed by atoms with van der Waals surface area (Å²) >= 11 is 0. The molecule has 0 bridgehead atoms. The normalized spacial score (nSPS) is 12.7. The van der Waals surface area contributed by atoms with Gasteiger partial charge in [0.1, 0.15) is 0 Å². The van der Waals surface area contributed by atoms with Crippen LogP contribution in [0.5, 0.6) is 0 Å². The van der Waals surface area contributed by atoms with Crippen molar-refractivity contribution in [1.29, 1.82) is 0 Å². The second-order valence-electron chi connectivity index (χ2n) is 3.78. The zero-order valence-electron chi connectivity index (χ0n) is 9.78. The first-order chi connectivity index (χ1) is 7.38. The van der Waals surface area contributed by atoms with Crippen molar-refractivity contribution < 1.29 is 4.74 Å². The van der Waals surface area contributed by atoms with Crippen LogP contribution in [-0.4, -0.2) is 0 Å². The molecule has 0 aromatic heterocycles. The summed E-state index contributed by atoms with van der Waals surface area (Å²) in [6.45, 7) is 6.31. The van der Waals surface area contributed by atoms with E-state index in [1.807, 2.05) is 12.7 Å². The second-order valence-corrected chi connectivity index (χ2v) is 3.78. The van der Waals surface area contributed by atoms with E-state index < -0.39 is 0 Å². The number of ether oxygens (including phenoxy) is 1. The lowest BCUT2D eigenvalue weighted by Crippen LogP contribution is -2.02. The Morgan fingerprint density at radius 2 is 1.87 bits per heavy atom. The third-order valence-corrected chi connectivity index (χ3v) is 2.39. The maximum atomic E-state index is 5.78. The van der Waals surface area contributed by atoms with Crippen LogP contribution in [0.2, 0.25) is 0 Å². The molecular weight excluding hydrogens is 184 g/mol. The first kappa shape index (κ1) is 12.3. The highest BCUT2D eigenvalue weighted by Crippen LogP contribution is 2.23. The first-order valence-electron chi connectivity index (χ1n) is 5.90. The van der Waals surface area contributed by atoms with E-state index in [2.05, 4.69) is 38.1 Å². The predicted molar refractivity (Wildman–Crippen MR) is 64.4 cm³/mol. The molecule has 0 aliphatic rings. The Bertz CT molecular complexity index is 243. The Kier molecular flexibility index (Phi) is 6.10. The molecule has 15 heavy (non-hydrogen) atoms. The van der Waals surface area contributed by atoms with E-state index in [0.29, 0.717) is 0 Å². The van der Waals surface area contributed by atoms with Gasteiger partial charge in [0, 0.05) is 0 Å². The van der Waals surface area contributed by atoms with Gasteiger partial charge in [-0.05, 0) is 18.4 Å². The van der Waals surface area contributed by atoms with Crippen molar-refractivity contribution in [2.75, 3.05) is 0 Å². The van der Waals surface area contributed by atoms with Gasteiger partial charge in [-0.1, -0.05) is 57.0 Å². The Morgan fingerprint density at radius 1 is 1.13 bits per heavy atom. The molecule has 0 aliphatic heterocycles. The van der Waals surface area contributed by atoms with Crippen LogP contribution in [0.15, 0.2) is 30.3 Å². The number of rotatable bonds is 7. The summed E-state index contributed by atoms with van der Waals surface area (Å²) in [5.74, 6) is 0. The summed E-state index contributed by atoms with van der Waals surface area (Å²) in [7, 11) is 0. The van der Waals surface area contributed by atoms with Gasteiger partial charge < -0.3 is 4.74 Å². The van der Waals surface area contributed by atoms with Gasteiger partial charge in [0.15, 0.2) is 0 Å². The van der Waals surface area contributed by atoms with E-state index in [-0.39, 0.29) is 6.10 Å². The van der Waals surface area contributed by atoms with E-state index in [9.17, 15) is 0 Å². The summed E-state index contributed by atoms with van der Waals surface area (Å²) in [5.41, 5.74) is 1.28. The molecular formula is C14H21O. The molecule has 83 valence electrons. The lowest BCUT2D eigenvalue weighted by Gasteiger charge is -2.17. The fraction of sp³-hybridized carbons (Fsp3) is 0.500. The summed E-state index contributed by atoms with van der Waals surface area (Å²) in [5, 5.41) is 0. The highest BCUT2D eigenvalue weighted by atomic mass is 16.5. The quantitative estimate of drug-likeness (QED) is 0.595. The molecule has 0 N–H and O–H groups in total. The van der Waals surface area contributed by atoms with Gasteiger partial charge in [-0.25, -0.2) is 0 Å². The van der Waals surface area contributed by atoms with Crippen LogP contribution in [0.25, 0.3) is 0 Å². The monoisotopic (exact) mass is 205 g/mol. The van der Waals surface area contributed by atoms with Crippen LogP contribution in [0, 0.1) is 6.61 Å². The standard InChI is InChI=1S/C14H21O/c1-3-5-12-15-14(9-4-2)13-10-7-6-8-11-13/h6-8,10-12,14H,3-5,9H2,1-2H3. The van der Waals surface area contributed by atoms with Gasteiger partial charge in [-0.2, -0.15) is 0 Å². The molecule has 1 atom stereocenters. The Hall–Kier alpha value is -0.820. The number of hydrogen-bond acceptors (Lipinski definition) is 1. The van der Waals surface area contributed by atoms with Gasteiger partial charge in [-0.3, -0.25) is 0 Å². The van der Waals surface area contributed by atoms with Gasteiger partial charge in [0.2, 0.25) is 0 Å². The minimum Gasteiger partial charge on any atom is -0.368 e. The molecule has 0 spiro atoms. The summed E-state index contributed by atoms with van der Waals surface area (Å²) in [6, 6.07) is 10.5. The van der Waals surface area contributed by atoms with Crippen LogP contribution < -0.4 is 0 Å². The lowest BCUT2D eigenvalue weighted by molar-refractivity contribution is 0.0923. The molecule has 1 aromatic carbocycles. The van der Waals surface area contributed by atoms with E-state index in [0.717, 1.165) is 25.7 Å². The number of unbranched alkanes of at least 4 members (excludes halogenated alkanes) is 1. The Morgan fingerprint density at radius 3 is 2.47 bits per heavy atom. The van der Waals surface area contributed by atoms with E-state index in [1.165, 1.54) is 5.56 Å². The van der Waals surface area contributed by atoms with Crippen molar-refractivity contribution in [3.8, 4) is 0 Å². The second kappa shape index (κ2) is 7.47. The van der Waals surface area contributed by atoms with Crippen LogP contribution in [0.4, 0.5) is 0 Å². The van der Waals surface area contributed by atoms with E-state index in [1.54, 1.807) is 0 Å². The Labute approximate surface area is 93.5 Å². The molecule has 0 aliphatic carbocycles. The molecule has 1 heteroatoms. The maximum absolute atomic E-state index is 5.78. The molecule has 0 saturated heterocycles. The molecule has 1 radical (unpaired) electrons. The fourth-order valence-corrected chi connectivity index (χ4v) is 1.55. The SMILES string of the molecule is CCC[CH]OC(CCC)c1ccccc1. The fourth-order valence-electron chi connectivity index (χ4n) is 1.55. The van der Waals surface area contributed by atoms with Crippen molar-refractivity contribution in [2.24, 2.45) is 0 Å². The van der Waals surface area contributed by atoms with Crippen molar-refractivity contribution >= 4 is 0 Å². The average molecular weight is 205 g/mol. The Balaban J connectivity index is 2.50. The van der Waals surface area contributed by atoms with Crippen LogP contribution in [0.1, 0.15) is 51.2 Å². The highest BCUT2D eigenvalue weighted by Gasteiger charge is 2.09. The molecule has 0 saturated carbocycles. The third kappa shape index (κ3) is 4.48. The first-order valence-corrected chi connectivity index (χ1v) is 5.90. The van der Waals surface area contributed by atoms with Gasteiger partial charge in [0.25, 0.3) is 0 Å². The molecule has 1 rings (SSSR count). The van der Waals surface area contributed by atoms with Crippen molar-refractivity contribution in [2.45, 2.75) is 45.6 Å². The summed E-state index contributed by atoms with van der Waals surface area (Å²) < 4.78 is 5.78. The van der Waals surface area contributed by atoms with Crippen molar-refractivity contribution in [3.05, 3.63) is 42.5 Å². The lowest BCUT2D eigenvalue weighted by atomic mass is 10.1. The van der Waals surface area contributed by atoms with E-state index in [4.69, 9.17) is 4.74 Å². The zero-order chi connectivity index (χ0) is 10.9. The van der Waals surface area contributed by atoms with Gasteiger partial charge in [0.05, 0.1) is 12.7 Å². The predicted octanol–water partition coefficient (Wildman–Crippen LogP) is 4.51. The third-order valence-electron chi connectivity index (χ3n) is 2.39. The topological polar surface area (TPSA) is 9.23 Å². The van der Waals surface area contributed by atoms with Crippen LogP contribution in [-0.2, 0) is 4.74 Å². The van der Waals surface area contributed by atoms with Gasteiger partial charge in [-0.15, -0.1) is 0 Å². The highest BCUT2D eigenvalue weighted by molar-refractivity contribution is 5.17. The molecule has 1 nitrogen and oxygen atoms in total.